The summed E-state index contributed by atoms with van der Waals surface area (Å²) in [6.07, 6.45) is 0.974. The van der Waals surface area contributed by atoms with Gasteiger partial charge in [-0.05, 0) is 0 Å². The molecule has 2 heterocycles. The molecule has 2 rings (SSSR count). The molecular formula is C9H11ClN4O4S. The number of carbonyl (C=O) groups is 1. The fourth-order valence-electron chi connectivity index (χ4n) is 1.81. The molecule has 19 heavy (non-hydrogen) atoms. The van der Waals surface area contributed by atoms with Gasteiger partial charge in [-0.25, -0.2) is 23.5 Å². The smallest absolute Gasteiger partial charge is 0.229 e. The zero-order valence-corrected chi connectivity index (χ0v) is 11.5. The molecule has 1 aliphatic rings. The number of carbonyl (C=O) groups excluding carboxylic acids is 1. The highest BCUT2D eigenvalue weighted by atomic mass is 35.5. The molecule has 0 radical (unpaired) electrons. The quantitative estimate of drug-likeness (QED) is 0.755. The molecule has 1 saturated heterocycles. The minimum Gasteiger partial charge on any atom is -0.490 e. The van der Waals surface area contributed by atoms with Gasteiger partial charge in [0.2, 0.25) is 15.9 Å². The minimum atomic E-state index is -3.79. The molecule has 0 bridgehead atoms. The Morgan fingerprint density at radius 1 is 1.53 bits per heavy atom. The molecule has 104 valence electrons. The van der Waals surface area contributed by atoms with E-state index in [1.807, 2.05) is 0 Å². The molecule has 8 nitrogen and oxygen atoms in total. The number of methoxy groups -OCH3 is 1. The predicted octanol–water partition coefficient (Wildman–Crippen LogP) is -0.468. The highest BCUT2D eigenvalue weighted by Crippen LogP contribution is 2.34. The summed E-state index contributed by atoms with van der Waals surface area (Å²) >= 11 is 5.82. The molecule has 0 saturated carbocycles. The summed E-state index contributed by atoms with van der Waals surface area (Å²) < 4.78 is 27.6. The Labute approximate surface area is 114 Å². The van der Waals surface area contributed by atoms with E-state index in [4.69, 9.17) is 21.5 Å². The van der Waals surface area contributed by atoms with Crippen molar-refractivity contribution in [3.8, 4) is 5.75 Å². The second-order valence-electron chi connectivity index (χ2n) is 3.94. The first kappa shape index (κ1) is 14.0. The van der Waals surface area contributed by atoms with E-state index in [0.717, 1.165) is 6.33 Å². The van der Waals surface area contributed by atoms with Crippen LogP contribution in [0.15, 0.2) is 6.33 Å². The van der Waals surface area contributed by atoms with Crippen molar-refractivity contribution >= 4 is 33.3 Å². The second-order valence-corrected chi connectivity index (χ2v) is 6.14. The number of nitrogens with zero attached hydrogens (tertiary/aromatic N) is 3. The molecule has 0 aliphatic carbocycles. The maximum atomic E-state index is 11.9. The van der Waals surface area contributed by atoms with E-state index in [1.54, 1.807) is 0 Å². The third-order valence-electron chi connectivity index (χ3n) is 2.76. The fraction of sp³-hybridized carbons (Fsp3) is 0.444. The van der Waals surface area contributed by atoms with E-state index in [9.17, 15) is 13.2 Å². The summed E-state index contributed by atoms with van der Waals surface area (Å²) in [6, 6.07) is 0. The van der Waals surface area contributed by atoms with Crippen LogP contribution < -0.4 is 14.8 Å². The first-order chi connectivity index (χ1) is 8.84. The Kier molecular flexibility index (Phi) is 3.61. The molecule has 1 atom stereocenters. The van der Waals surface area contributed by atoms with Crippen LogP contribution in [0.5, 0.6) is 5.75 Å². The molecule has 2 N–H and O–H groups in total. The second kappa shape index (κ2) is 4.91. The first-order valence-corrected chi connectivity index (χ1v) is 7.19. The van der Waals surface area contributed by atoms with Gasteiger partial charge in [0.1, 0.15) is 11.6 Å². The number of anilines is 1. The summed E-state index contributed by atoms with van der Waals surface area (Å²) in [7, 11) is -2.43. The average molecular weight is 307 g/mol. The number of halogens is 1. The van der Waals surface area contributed by atoms with Crippen LogP contribution in [0, 0.1) is 0 Å². The highest BCUT2D eigenvalue weighted by Gasteiger charge is 2.39. The maximum Gasteiger partial charge on any atom is 0.229 e. The summed E-state index contributed by atoms with van der Waals surface area (Å²) in [4.78, 5) is 20.7. The number of hydrogen-bond acceptors (Lipinski definition) is 6. The fourth-order valence-corrected chi connectivity index (χ4v) is 2.75. The molecule has 1 amide bonds. The van der Waals surface area contributed by atoms with Gasteiger partial charge in [0.05, 0.1) is 7.11 Å². The van der Waals surface area contributed by atoms with Gasteiger partial charge in [0, 0.05) is 13.0 Å². The average Bonchev–Trinajstić information content (AvgIpc) is 2.70. The summed E-state index contributed by atoms with van der Waals surface area (Å²) in [5, 5.41) is 4.13. The SMILES string of the molecule is COc1c(Cl)ncnc1N1CC(S(N)(=O)=O)CC1=O. The van der Waals surface area contributed by atoms with Gasteiger partial charge >= 0.3 is 0 Å². The van der Waals surface area contributed by atoms with E-state index in [1.165, 1.54) is 12.0 Å². The summed E-state index contributed by atoms with van der Waals surface area (Å²) in [5.41, 5.74) is 0. The number of ether oxygens (including phenoxy) is 1. The standard InChI is InChI=1S/C9H11ClN4O4S/c1-18-7-8(10)12-4-13-9(7)14-3-5(2-6(14)15)19(11,16)17/h4-5H,2-3H2,1H3,(H2,11,16,17). The Hall–Kier alpha value is -1.45. The van der Waals surface area contributed by atoms with E-state index in [0.29, 0.717) is 0 Å². The number of hydrogen-bond donors (Lipinski definition) is 1. The normalized spacial score (nSPS) is 19.8. The van der Waals surface area contributed by atoms with Crippen LogP contribution in [0.4, 0.5) is 5.82 Å². The van der Waals surface area contributed by atoms with Crippen molar-refractivity contribution < 1.29 is 17.9 Å². The van der Waals surface area contributed by atoms with Crippen molar-refractivity contribution in [3.05, 3.63) is 11.5 Å². The monoisotopic (exact) mass is 306 g/mol. The van der Waals surface area contributed by atoms with E-state index in [-0.39, 0.29) is 29.7 Å². The van der Waals surface area contributed by atoms with Crippen molar-refractivity contribution in [3.63, 3.8) is 0 Å². The van der Waals surface area contributed by atoms with Crippen molar-refractivity contribution in [2.45, 2.75) is 11.7 Å². The largest absolute Gasteiger partial charge is 0.490 e. The van der Waals surface area contributed by atoms with Gasteiger partial charge in [0.15, 0.2) is 16.7 Å². The number of amides is 1. The van der Waals surface area contributed by atoms with Crippen molar-refractivity contribution in [2.75, 3.05) is 18.6 Å². The first-order valence-electron chi connectivity index (χ1n) is 5.21. The van der Waals surface area contributed by atoms with Gasteiger partial charge in [-0.1, -0.05) is 11.6 Å². The molecule has 1 aromatic heterocycles. The lowest BCUT2D eigenvalue weighted by molar-refractivity contribution is -0.117. The topological polar surface area (TPSA) is 115 Å². The van der Waals surface area contributed by atoms with Gasteiger partial charge in [-0.2, -0.15) is 0 Å². The number of rotatable bonds is 3. The van der Waals surface area contributed by atoms with Crippen LogP contribution in [-0.4, -0.2) is 43.2 Å². The Bertz CT molecular complexity index is 621. The number of nitrogens with two attached hydrogens (primary N) is 1. The predicted molar refractivity (Wildman–Crippen MR) is 67.5 cm³/mol. The summed E-state index contributed by atoms with van der Waals surface area (Å²) in [6.45, 7) is -0.0820. The van der Waals surface area contributed by atoms with Gasteiger partial charge in [0.25, 0.3) is 0 Å². The highest BCUT2D eigenvalue weighted by molar-refractivity contribution is 7.89. The van der Waals surface area contributed by atoms with Crippen LogP contribution in [0.3, 0.4) is 0 Å². The Morgan fingerprint density at radius 2 is 2.21 bits per heavy atom. The van der Waals surface area contributed by atoms with Crippen LogP contribution >= 0.6 is 11.6 Å². The van der Waals surface area contributed by atoms with E-state index >= 15 is 0 Å². The molecule has 1 aromatic rings. The van der Waals surface area contributed by atoms with Crippen LogP contribution in [0.1, 0.15) is 6.42 Å². The minimum absolute atomic E-state index is 0.0411. The summed E-state index contributed by atoms with van der Waals surface area (Å²) in [5.74, 6) is -0.154. The van der Waals surface area contributed by atoms with Crippen LogP contribution in [-0.2, 0) is 14.8 Å². The molecule has 1 aliphatic heterocycles. The molecule has 10 heteroatoms. The third kappa shape index (κ3) is 2.62. The van der Waals surface area contributed by atoms with Crippen molar-refractivity contribution in [1.29, 1.82) is 0 Å². The lowest BCUT2D eigenvalue weighted by Gasteiger charge is -2.17. The lowest BCUT2D eigenvalue weighted by atomic mass is 10.4. The number of primary sulfonamides is 1. The molecule has 1 unspecified atom stereocenters. The zero-order chi connectivity index (χ0) is 14.2. The molecule has 0 aromatic carbocycles. The maximum absolute atomic E-state index is 11.9. The van der Waals surface area contributed by atoms with Gasteiger partial charge < -0.3 is 4.74 Å². The van der Waals surface area contributed by atoms with E-state index < -0.39 is 21.2 Å². The molecule has 0 spiro atoms. The Balaban J connectivity index is 2.39. The molecular weight excluding hydrogens is 296 g/mol. The van der Waals surface area contributed by atoms with Crippen LogP contribution in [0.2, 0.25) is 5.15 Å². The Morgan fingerprint density at radius 3 is 2.74 bits per heavy atom. The van der Waals surface area contributed by atoms with Gasteiger partial charge in [-0.15, -0.1) is 0 Å². The van der Waals surface area contributed by atoms with Crippen molar-refractivity contribution in [1.82, 2.24) is 9.97 Å². The number of sulfonamides is 1. The third-order valence-corrected chi connectivity index (χ3v) is 4.27. The zero-order valence-electron chi connectivity index (χ0n) is 9.91. The lowest BCUT2D eigenvalue weighted by Crippen LogP contribution is -2.32. The van der Waals surface area contributed by atoms with Crippen molar-refractivity contribution in [2.24, 2.45) is 5.14 Å². The van der Waals surface area contributed by atoms with Crippen LogP contribution in [0.25, 0.3) is 0 Å². The van der Waals surface area contributed by atoms with E-state index in [2.05, 4.69) is 9.97 Å². The molecule has 1 fully saturated rings. The number of aromatic nitrogens is 2. The van der Waals surface area contributed by atoms with Gasteiger partial charge in [-0.3, -0.25) is 9.69 Å².